The molecule has 1 atom stereocenters. The molecule has 1 N–H and O–H groups in total. The van der Waals surface area contributed by atoms with Gasteiger partial charge in [-0.1, -0.05) is 27.7 Å². The Morgan fingerprint density at radius 2 is 2.19 bits per heavy atom. The second-order valence-electron chi connectivity index (χ2n) is 6.90. The molecule has 114 valence electrons. The highest BCUT2D eigenvalue weighted by molar-refractivity contribution is 7.99. The summed E-state index contributed by atoms with van der Waals surface area (Å²) in [6.45, 7) is 8.92. The second-order valence-corrected chi connectivity index (χ2v) is 8.05. The van der Waals surface area contributed by atoms with Gasteiger partial charge in [0, 0.05) is 23.4 Å². The maximum absolute atomic E-state index is 5.77. The number of benzene rings is 1. The quantitative estimate of drug-likeness (QED) is 0.875. The van der Waals surface area contributed by atoms with Crippen LogP contribution in [0.5, 0.6) is 0 Å². The average Bonchev–Trinajstić information content (AvgIpc) is 2.84. The number of hydrogen-bond donors (Lipinski definition) is 1. The van der Waals surface area contributed by atoms with Gasteiger partial charge < -0.3 is 9.73 Å². The van der Waals surface area contributed by atoms with Crippen LogP contribution in [0.25, 0.3) is 11.1 Å². The minimum atomic E-state index is 0.322. The van der Waals surface area contributed by atoms with Crippen molar-refractivity contribution in [2.24, 2.45) is 5.41 Å². The summed E-state index contributed by atoms with van der Waals surface area (Å²) in [5.74, 6) is 3.57. The van der Waals surface area contributed by atoms with Crippen LogP contribution in [0.15, 0.2) is 22.6 Å². The number of aromatic nitrogens is 1. The Bertz CT molecular complexity index is 633. The lowest BCUT2D eigenvalue weighted by atomic mass is 9.82. The Hall–Kier alpha value is -1.16. The number of nitrogens with one attached hydrogen (secondary N) is 1. The van der Waals surface area contributed by atoms with Crippen molar-refractivity contribution in [1.29, 1.82) is 0 Å². The highest BCUT2D eigenvalue weighted by Gasteiger charge is 2.32. The number of anilines is 1. The van der Waals surface area contributed by atoms with Crippen LogP contribution in [0.4, 0.5) is 5.69 Å². The zero-order valence-corrected chi connectivity index (χ0v) is 14.1. The van der Waals surface area contributed by atoms with Gasteiger partial charge in [-0.05, 0) is 35.8 Å². The van der Waals surface area contributed by atoms with Crippen LogP contribution in [0.1, 0.15) is 45.9 Å². The van der Waals surface area contributed by atoms with Crippen LogP contribution in [-0.4, -0.2) is 22.5 Å². The van der Waals surface area contributed by atoms with Gasteiger partial charge in [0.1, 0.15) is 5.52 Å². The molecular formula is C17H24N2OS. The Morgan fingerprint density at radius 3 is 2.90 bits per heavy atom. The van der Waals surface area contributed by atoms with Crippen molar-refractivity contribution in [3.05, 3.63) is 24.1 Å². The van der Waals surface area contributed by atoms with Gasteiger partial charge in [-0.25, -0.2) is 4.98 Å². The van der Waals surface area contributed by atoms with Crippen molar-refractivity contribution in [3.63, 3.8) is 0 Å². The summed E-state index contributed by atoms with van der Waals surface area (Å²) in [5.41, 5.74) is 3.31. The number of nitrogens with zero attached hydrogens (tertiary/aromatic N) is 1. The van der Waals surface area contributed by atoms with Crippen LogP contribution in [0, 0.1) is 5.41 Å². The van der Waals surface area contributed by atoms with E-state index in [-0.39, 0.29) is 0 Å². The fraction of sp³-hybridized carbons (Fsp3) is 0.588. The van der Waals surface area contributed by atoms with Crippen molar-refractivity contribution in [3.8, 4) is 0 Å². The fourth-order valence-corrected chi connectivity index (χ4v) is 4.26. The predicted octanol–water partition coefficient (Wildman–Crippen LogP) is 4.89. The lowest BCUT2D eigenvalue weighted by Gasteiger charge is -2.39. The summed E-state index contributed by atoms with van der Waals surface area (Å²) in [6.07, 6.45) is 1.26. The van der Waals surface area contributed by atoms with E-state index in [1.54, 1.807) is 0 Å². The van der Waals surface area contributed by atoms with E-state index in [1.807, 2.05) is 17.8 Å². The first kappa shape index (κ1) is 14.8. The third-order valence-electron chi connectivity index (χ3n) is 4.36. The molecule has 0 radical (unpaired) electrons. The first-order chi connectivity index (χ1) is 9.95. The number of hydrogen-bond acceptors (Lipinski definition) is 4. The van der Waals surface area contributed by atoms with Crippen molar-refractivity contribution >= 4 is 28.5 Å². The van der Waals surface area contributed by atoms with Crippen molar-refractivity contribution in [2.45, 2.75) is 46.1 Å². The number of oxazole rings is 1. The topological polar surface area (TPSA) is 38.1 Å². The van der Waals surface area contributed by atoms with Crippen LogP contribution in [-0.2, 0) is 0 Å². The van der Waals surface area contributed by atoms with Gasteiger partial charge in [0.05, 0.1) is 0 Å². The SMILES string of the molecule is CC(C)c1nc2cc(NC3CSCCC3(C)C)ccc2o1. The number of thioether (sulfide) groups is 1. The van der Waals surface area contributed by atoms with Crippen LogP contribution in [0.2, 0.25) is 0 Å². The molecule has 1 aromatic carbocycles. The predicted molar refractivity (Wildman–Crippen MR) is 91.2 cm³/mol. The van der Waals surface area contributed by atoms with E-state index in [0.29, 0.717) is 17.4 Å². The monoisotopic (exact) mass is 304 g/mol. The molecule has 4 heteroatoms. The molecule has 0 bridgehead atoms. The molecule has 3 nitrogen and oxygen atoms in total. The third-order valence-corrected chi connectivity index (χ3v) is 5.42. The van der Waals surface area contributed by atoms with Crippen LogP contribution < -0.4 is 5.32 Å². The molecule has 1 aliphatic rings. The fourth-order valence-electron chi connectivity index (χ4n) is 2.66. The molecule has 21 heavy (non-hydrogen) atoms. The van der Waals surface area contributed by atoms with Gasteiger partial charge >= 0.3 is 0 Å². The summed E-state index contributed by atoms with van der Waals surface area (Å²) in [5, 5.41) is 3.70. The van der Waals surface area contributed by atoms with Gasteiger partial charge in [0.2, 0.25) is 0 Å². The second kappa shape index (κ2) is 5.56. The van der Waals surface area contributed by atoms with E-state index in [2.05, 4.69) is 50.1 Å². The maximum Gasteiger partial charge on any atom is 0.198 e. The summed E-state index contributed by atoms with van der Waals surface area (Å²) in [7, 11) is 0. The van der Waals surface area contributed by atoms with Crippen molar-refractivity contribution in [2.75, 3.05) is 16.8 Å². The van der Waals surface area contributed by atoms with Gasteiger partial charge in [-0.15, -0.1) is 0 Å². The lowest BCUT2D eigenvalue weighted by molar-refractivity contribution is 0.305. The first-order valence-electron chi connectivity index (χ1n) is 7.70. The Kier molecular flexibility index (Phi) is 3.91. The lowest BCUT2D eigenvalue weighted by Crippen LogP contribution is -2.41. The molecule has 2 aromatic rings. The molecule has 1 saturated heterocycles. The summed E-state index contributed by atoms with van der Waals surface area (Å²) in [4.78, 5) is 4.59. The third kappa shape index (κ3) is 3.05. The van der Waals surface area contributed by atoms with Crippen LogP contribution in [0.3, 0.4) is 0 Å². The van der Waals surface area contributed by atoms with Crippen molar-refractivity contribution in [1.82, 2.24) is 4.98 Å². The number of rotatable bonds is 3. The van der Waals surface area contributed by atoms with E-state index in [9.17, 15) is 0 Å². The average molecular weight is 304 g/mol. The number of fused-ring (bicyclic) bond motifs is 1. The van der Waals surface area contributed by atoms with E-state index >= 15 is 0 Å². The van der Waals surface area contributed by atoms with Gasteiger partial charge in [-0.2, -0.15) is 11.8 Å². The minimum absolute atomic E-state index is 0.322. The van der Waals surface area contributed by atoms with Gasteiger partial charge in [0.15, 0.2) is 11.5 Å². The van der Waals surface area contributed by atoms with E-state index in [0.717, 1.165) is 22.7 Å². The standard InChI is InChI=1S/C17H24N2OS/c1-11(2)16-19-13-9-12(5-6-14(13)20-16)18-15-10-21-8-7-17(15,3)4/h5-6,9,11,15,18H,7-8,10H2,1-4H3. The van der Waals surface area contributed by atoms with E-state index in [1.165, 1.54) is 17.9 Å². The molecule has 0 amide bonds. The zero-order valence-electron chi connectivity index (χ0n) is 13.3. The molecule has 0 aliphatic carbocycles. The zero-order chi connectivity index (χ0) is 15.0. The smallest absolute Gasteiger partial charge is 0.198 e. The normalized spacial score (nSPS) is 21.9. The molecule has 0 spiro atoms. The molecule has 1 fully saturated rings. The molecule has 0 saturated carbocycles. The summed E-state index contributed by atoms with van der Waals surface area (Å²) < 4.78 is 5.77. The van der Waals surface area contributed by atoms with E-state index in [4.69, 9.17) is 4.42 Å². The molecule has 2 heterocycles. The van der Waals surface area contributed by atoms with Crippen LogP contribution >= 0.6 is 11.8 Å². The highest BCUT2D eigenvalue weighted by atomic mass is 32.2. The maximum atomic E-state index is 5.77. The molecule has 3 rings (SSSR count). The minimum Gasteiger partial charge on any atom is -0.440 e. The molecule has 1 aromatic heterocycles. The molecule has 1 unspecified atom stereocenters. The largest absolute Gasteiger partial charge is 0.440 e. The Labute approximate surface area is 130 Å². The van der Waals surface area contributed by atoms with E-state index < -0.39 is 0 Å². The molecular weight excluding hydrogens is 280 g/mol. The Morgan fingerprint density at radius 1 is 1.38 bits per heavy atom. The van der Waals surface area contributed by atoms with Gasteiger partial charge in [0.25, 0.3) is 0 Å². The summed E-state index contributed by atoms with van der Waals surface area (Å²) >= 11 is 2.04. The Balaban J connectivity index is 1.84. The highest BCUT2D eigenvalue weighted by Crippen LogP contribution is 2.36. The van der Waals surface area contributed by atoms with Crippen molar-refractivity contribution < 1.29 is 4.42 Å². The molecule has 1 aliphatic heterocycles. The first-order valence-corrected chi connectivity index (χ1v) is 8.86. The summed E-state index contributed by atoms with van der Waals surface area (Å²) in [6, 6.07) is 6.75. The van der Waals surface area contributed by atoms with Gasteiger partial charge in [-0.3, -0.25) is 0 Å².